The lowest BCUT2D eigenvalue weighted by Crippen LogP contribution is -2.49. The molecule has 0 aliphatic heterocycles. The number of rotatable bonds is 7. The van der Waals surface area contributed by atoms with Crippen molar-refractivity contribution in [3.05, 3.63) is 59.9 Å². The van der Waals surface area contributed by atoms with Gasteiger partial charge in [-0.2, -0.15) is 0 Å². The van der Waals surface area contributed by atoms with E-state index in [0.717, 1.165) is 35.2 Å². The summed E-state index contributed by atoms with van der Waals surface area (Å²) in [6.45, 7) is 0. The molecule has 3 atom stereocenters. The van der Waals surface area contributed by atoms with Crippen molar-refractivity contribution >= 4 is 23.0 Å². The zero-order valence-electron chi connectivity index (χ0n) is 18.0. The second-order valence-corrected chi connectivity index (χ2v) is 8.20. The lowest BCUT2D eigenvalue weighted by Gasteiger charge is -2.30. The molecule has 1 saturated carbocycles. The molecule has 0 bridgehead atoms. The van der Waals surface area contributed by atoms with Crippen LogP contribution in [-0.2, 0) is 11.2 Å². The molecular weight excluding hydrogens is 408 g/mol. The van der Waals surface area contributed by atoms with E-state index in [1.807, 2.05) is 48.5 Å². The lowest BCUT2D eigenvalue weighted by atomic mass is 9.84. The minimum atomic E-state index is -0.859. The molecule has 1 aliphatic carbocycles. The first-order chi connectivity index (χ1) is 15.5. The van der Waals surface area contributed by atoms with E-state index < -0.39 is 17.9 Å². The molecule has 2 unspecified atom stereocenters. The van der Waals surface area contributed by atoms with Gasteiger partial charge in [-0.3, -0.25) is 4.79 Å². The van der Waals surface area contributed by atoms with Gasteiger partial charge in [-0.15, -0.1) is 0 Å². The van der Waals surface area contributed by atoms with Gasteiger partial charge in [-0.05, 0) is 49.1 Å². The third kappa shape index (κ3) is 5.01. The Labute approximate surface area is 186 Å². The maximum Gasteiger partial charge on any atom is 0.315 e. The minimum absolute atomic E-state index is 0.376. The van der Waals surface area contributed by atoms with Crippen LogP contribution >= 0.6 is 0 Å². The molecule has 2 aromatic carbocycles. The number of urea groups is 1. The highest BCUT2D eigenvalue weighted by molar-refractivity contribution is 5.78. The standard InChI is InChI=1S/C24H28N4O4/c1-32-16-12-10-15(11-13-16)14-21(22-25-19-8-4-5-9-20(19)26-22)28-24(31)27-18-7-3-2-6-17(18)23(29)30/h4-5,8-13,17-18,21H,2-3,6-7,14H2,1H3,(H,25,26)(H,29,30)(H2,27,28,31)/t17?,18?,21-/m1/s1. The third-order valence-corrected chi connectivity index (χ3v) is 6.04. The van der Waals surface area contributed by atoms with E-state index in [4.69, 9.17) is 4.74 Å². The summed E-state index contributed by atoms with van der Waals surface area (Å²) in [6, 6.07) is 14.2. The molecule has 4 rings (SSSR count). The monoisotopic (exact) mass is 436 g/mol. The van der Waals surface area contributed by atoms with Crippen LogP contribution in [0.15, 0.2) is 48.5 Å². The summed E-state index contributed by atoms with van der Waals surface area (Å²) in [5, 5.41) is 15.4. The Morgan fingerprint density at radius 3 is 2.62 bits per heavy atom. The molecular formula is C24H28N4O4. The fourth-order valence-electron chi connectivity index (χ4n) is 4.32. The van der Waals surface area contributed by atoms with Crippen molar-refractivity contribution in [1.82, 2.24) is 20.6 Å². The SMILES string of the molecule is COc1ccc(C[C@@H](NC(=O)NC2CCCCC2C(=O)O)c2nc3ccccc3[nH]2)cc1. The summed E-state index contributed by atoms with van der Waals surface area (Å²) >= 11 is 0. The number of para-hydroxylation sites is 2. The van der Waals surface area contributed by atoms with Crippen LogP contribution < -0.4 is 15.4 Å². The summed E-state index contributed by atoms with van der Waals surface area (Å²) in [7, 11) is 1.62. The molecule has 4 N–H and O–H groups in total. The molecule has 1 fully saturated rings. The fourth-order valence-corrected chi connectivity index (χ4v) is 4.32. The van der Waals surface area contributed by atoms with Gasteiger partial charge in [-0.25, -0.2) is 9.78 Å². The number of carbonyl (C=O) groups is 2. The molecule has 0 spiro atoms. The normalized spacial score (nSPS) is 19.3. The maximum atomic E-state index is 12.9. The predicted molar refractivity (Wildman–Crippen MR) is 121 cm³/mol. The van der Waals surface area contributed by atoms with Gasteiger partial charge < -0.3 is 25.5 Å². The smallest absolute Gasteiger partial charge is 0.315 e. The number of benzene rings is 2. The highest BCUT2D eigenvalue weighted by Gasteiger charge is 2.32. The summed E-state index contributed by atoms with van der Waals surface area (Å²) in [5.41, 5.74) is 2.72. The Morgan fingerprint density at radius 2 is 1.91 bits per heavy atom. The van der Waals surface area contributed by atoms with Crippen LogP contribution in [0.4, 0.5) is 4.79 Å². The number of hydrogen-bond acceptors (Lipinski definition) is 4. The average Bonchev–Trinajstić information content (AvgIpc) is 3.24. The van der Waals surface area contributed by atoms with Crippen molar-refractivity contribution in [3.8, 4) is 5.75 Å². The molecule has 0 saturated heterocycles. The summed E-state index contributed by atoms with van der Waals surface area (Å²) < 4.78 is 5.23. The number of H-pyrrole nitrogens is 1. The number of ether oxygens (including phenoxy) is 1. The van der Waals surface area contributed by atoms with Crippen molar-refractivity contribution in [2.45, 2.75) is 44.2 Å². The highest BCUT2D eigenvalue weighted by atomic mass is 16.5. The number of aromatic nitrogens is 2. The molecule has 8 heteroatoms. The summed E-state index contributed by atoms with van der Waals surface area (Å²) in [5.74, 6) is -0.00449. The minimum Gasteiger partial charge on any atom is -0.497 e. The van der Waals surface area contributed by atoms with Crippen molar-refractivity contribution in [2.75, 3.05) is 7.11 Å². The van der Waals surface area contributed by atoms with E-state index >= 15 is 0 Å². The van der Waals surface area contributed by atoms with Crippen molar-refractivity contribution in [2.24, 2.45) is 5.92 Å². The Morgan fingerprint density at radius 1 is 1.16 bits per heavy atom. The number of carboxylic acid groups (broad SMARTS) is 1. The molecule has 1 aliphatic rings. The summed E-state index contributed by atoms with van der Waals surface area (Å²) in [6.07, 6.45) is 3.55. The second kappa shape index (κ2) is 9.72. The van der Waals surface area contributed by atoms with Gasteiger partial charge in [0.05, 0.1) is 30.1 Å². The van der Waals surface area contributed by atoms with Crippen molar-refractivity contribution in [3.63, 3.8) is 0 Å². The third-order valence-electron chi connectivity index (χ3n) is 6.04. The van der Waals surface area contributed by atoms with Gasteiger partial charge in [0.1, 0.15) is 11.6 Å². The van der Waals surface area contributed by atoms with Gasteiger partial charge >= 0.3 is 12.0 Å². The molecule has 2 amide bonds. The molecule has 0 radical (unpaired) electrons. The molecule has 8 nitrogen and oxygen atoms in total. The number of hydrogen-bond donors (Lipinski definition) is 4. The average molecular weight is 437 g/mol. The molecule has 32 heavy (non-hydrogen) atoms. The van der Waals surface area contributed by atoms with Crippen LogP contribution in [0.2, 0.25) is 0 Å². The zero-order chi connectivity index (χ0) is 22.5. The van der Waals surface area contributed by atoms with Gasteiger partial charge in [0, 0.05) is 6.04 Å². The zero-order valence-corrected chi connectivity index (χ0v) is 18.0. The number of imidazole rings is 1. The Bertz CT molecular complexity index is 1050. The fraction of sp³-hybridized carbons (Fsp3) is 0.375. The predicted octanol–water partition coefficient (Wildman–Crippen LogP) is 3.80. The van der Waals surface area contributed by atoms with Gasteiger partial charge in [0.25, 0.3) is 0 Å². The Kier molecular flexibility index (Phi) is 6.58. The van der Waals surface area contributed by atoms with Gasteiger partial charge in [0.15, 0.2) is 0 Å². The van der Waals surface area contributed by atoms with Crippen LogP contribution in [0.5, 0.6) is 5.75 Å². The van der Waals surface area contributed by atoms with E-state index in [-0.39, 0.29) is 12.1 Å². The van der Waals surface area contributed by atoms with Crippen LogP contribution in [0, 0.1) is 5.92 Å². The molecule has 1 heterocycles. The first-order valence-corrected chi connectivity index (χ1v) is 10.9. The summed E-state index contributed by atoms with van der Waals surface area (Å²) in [4.78, 5) is 32.4. The molecule has 3 aromatic rings. The van der Waals surface area contributed by atoms with E-state index in [9.17, 15) is 14.7 Å². The largest absolute Gasteiger partial charge is 0.497 e. The van der Waals surface area contributed by atoms with Gasteiger partial charge in [-0.1, -0.05) is 37.1 Å². The van der Waals surface area contributed by atoms with Crippen LogP contribution in [-0.4, -0.2) is 40.2 Å². The van der Waals surface area contributed by atoms with E-state index in [1.54, 1.807) is 7.11 Å². The second-order valence-electron chi connectivity index (χ2n) is 8.20. The van der Waals surface area contributed by atoms with E-state index in [0.29, 0.717) is 25.1 Å². The van der Waals surface area contributed by atoms with Crippen LogP contribution in [0.1, 0.15) is 43.1 Å². The topological polar surface area (TPSA) is 116 Å². The first-order valence-electron chi connectivity index (χ1n) is 10.9. The number of nitrogens with zero attached hydrogens (tertiary/aromatic N) is 1. The highest BCUT2D eigenvalue weighted by Crippen LogP contribution is 2.25. The first kappa shape index (κ1) is 21.7. The number of carbonyl (C=O) groups excluding carboxylic acids is 1. The van der Waals surface area contributed by atoms with Gasteiger partial charge in [0.2, 0.25) is 0 Å². The van der Waals surface area contributed by atoms with E-state index in [2.05, 4.69) is 20.6 Å². The van der Waals surface area contributed by atoms with Crippen LogP contribution in [0.3, 0.4) is 0 Å². The maximum absolute atomic E-state index is 12.9. The number of carboxylic acids is 1. The Hall–Kier alpha value is -3.55. The number of fused-ring (bicyclic) bond motifs is 1. The number of nitrogens with one attached hydrogen (secondary N) is 3. The lowest BCUT2D eigenvalue weighted by molar-refractivity contribution is -0.143. The number of aromatic amines is 1. The Balaban J connectivity index is 1.53. The number of amides is 2. The quantitative estimate of drug-likeness (QED) is 0.450. The molecule has 168 valence electrons. The number of methoxy groups -OCH3 is 1. The van der Waals surface area contributed by atoms with E-state index in [1.165, 1.54) is 0 Å². The van der Waals surface area contributed by atoms with Crippen molar-refractivity contribution in [1.29, 1.82) is 0 Å². The van der Waals surface area contributed by atoms with Crippen molar-refractivity contribution < 1.29 is 19.4 Å². The molecule has 1 aromatic heterocycles. The van der Waals surface area contributed by atoms with Crippen LogP contribution in [0.25, 0.3) is 11.0 Å². The number of aliphatic carboxylic acids is 1.